The third kappa shape index (κ3) is 6.84. The van der Waals surface area contributed by atoms with Crippen LogP contribution in [0, 0.1) is 5.41 Å². The molecule has 2 aliphatic rings. The molecule has 0 radical (unpaired) electrons. The number of rotatable bonds is 5. The zero-order valence-corrected chi connectivity index (χ0v) is 18.8. The topological polar surface area (TPSA) is 58.6 Å². The summed E-state index contributed by atoms with van der Waals surface area (Å²) in [5, 5.41) is 3.46. The van der Waals surface area contributed by atoms with Crippen LogP contribution in [0.3, 0.4) is 0 Å². The maximum atomic E-state index is 11.7. The molecular formula is C23H34N2O3S. The Labute approximate surface area is 177 Å². The number of nitrogens with zero attached hydrogens (tertiary/aromatic N) is 1. The standard InChI is InChI=1S/C18H26N2O2S.C5H8O/c1-18(2)15(14-8-6-5-7-9-14)10-11-16(23(21)22)17(18)19-12-13-20(3)4;1-2-4-6-5-3-1/h5-10,17,19H,11-13H2,1-4H3;2,4H,1,3,5H2. The molecule has 1 aromatic carbocycles. The Morgan fingerprint density at radius 1 is 1.21 bits per heavy atom. The fourth-order valence-corrected chi connectivity index (χ4v) is 4.49. The lowest BCUT2D eigenvalue weighted by atomic mass is 9.69. The van der Waals surface area contributed by atoms with E-state index in [0.717, 1.165) is 25.3 Å². The maximum absolute atomic E-state index is 11.7. The van der Waals surface area contributed by atoms with E-state index in [0.29, 0.717) is 11.3 Å². The van der Waals surface area contributed by atoms with Crippen molar-refractivity contribution < 1.29 is 13.2 Å². The van der Waals surface area contributed by atoms with Gasteiger partial charge in [-0.1, -0.05) is 50.3 Å². The van der Waals surface area contributed by atoms with Crippen LogP contribution in [0.1, 0.15) is 38.7 Å². The van der Waals surface area contributed by atoms with Gasteiger partial charge in [0, 0.05) is 24.9 Å². The predicted octanol–water partition coefficient (Wildman–Crippen LogP) is 3.38. The summed E-state index contributed by atoms with van der Waals surface area (Å²) in [6, 6.07) is 10.0. The first-order valence-electron chi connectivity index (χ1n) is 10.2. The van der Waals surface area contributed by atoms with E-state index in [9.17, 15) is 8.42 Å². The summed E-state index contributed by atoms with van der Waals surface area (Å²) < 4.78 is 28.2. The van der Waals surface area contributed by atoms with Crippen molar-refractivity contribution in [3.63, 3.8) is 0 Å². The molecule has 0 amide bonds. The minimum atomic E-state index is -2.17. The van der Waals surface area contributed by atoms with Crippen molar-refractivity contribution in [2.75, 3.05) is 33.8 Å². The van der Waals surface area contributed by atoms with Crippen LogP contribution in [0.5, 0.6) is 0 Å². The van der Waals surface area contributed by atoms with Crippen LogP contribution in [0.25, 0.3) is 5.57 Å². The van der Waals surface area contributed by atoms with E-state index in [1.165, 1.54) is 18.4 Å². The second kappa shape index (κ2) is 11.3. The van der Waals surface area contributed by atoms with Gasteiger partial charge < -0.3 is 15.0 Å². The van der Waals surface area contributed by atoms with Gasteiger partial charge in [-0.05, 0) is 44.1 Å². The van der Waals surface area contributed by atoms with Gasteiger partial charge in [-0.2, -0.15) is 8.42 Å². The van der Waals surface area contributed by atoms with Gasteiger partial charge in [-0.15, -0.1) is 0 Å². The number of ether oxygens (including phenoxy) is 1. The Morgan fingerprint density at radius 2 is 1.93 bits per heavy atom. The van der Waals surface area contributed by atoms with E-state index in [4.69, 9.17) is 4.74 Å². The molecule has 0 aromatic heterocycles. The molecule has 0 spiro atoms. The molecule has 0 fully saturated rings. The molecule has 0 saturated heterocycles. The van der Waals surface area contributed by atoms with Crippen LogP contribution in [0.4, 0.5) is 0 Å². The highest BCUT2D eigenvalue weighted by Gasteiger charge is 2.40. The first kappa shape index (κ1) is 23.4. The van der Waals surface area contributed by atoms with Gasteiger partial charge in [0.1, 0.15) is 0 Å². The van der Waals surface area contributed by atoms with Gasteiger partial charge in [0.15, 0.2) is 0 Å². The molecule has 1 N–H and O–H groups in total. The molecule has 3 rings (SSSR count). The number of allylic oxidation sites excluding steroid dienone is 2. The fraction of sp³-hybridized carbons (Fsp3) is 0.522. The molecule has 1 aromatic rings. The van der Waals surface area contributed by atoms with Gasteiger partial charge in [-0.25, -0.2) is 0 Å². The van der Waals surface area contributed by atoms with Crippen LogP contribution in [0.2, 0.25) is 0 Å². The molecule has 29 heavy (non-hydrogen) atoms. The zero-order valence-electron chi connectivity index (χ0n) is 18.0. The summed E-state index contributed by atoms with van der Waals surface area (Å²) in [4.78, 5) is 2.64. The van der Waals surface area contributed by atoms with Gasteiger partial charge in [-0.3, -0.25) is 0 Å². The largest absolute Gasteiger partial charge is 0.502 e. The molecule has 1 unspecified atom stereocenters. The lowest BCUT2D eigenvalue weighted by molar-refractivity contribution is 0.231. The van der Waals surface area contributed by atoms with Crippen LogP contribution < -0.4 is 5.32 Å². The van der Waals surface area contributed by atoms with E-state index in [1.807, 2.05) is 38.4 Å². The van der Waals surface area contributed by atoms with Crippen molar-refractivity contribution in [1.82, 2.24) is 10.2 Å². The maximum Gasteiger partial charge on any atom is 0.215 e. The minimum Gasteiger partial charge on any atom is -0.502 e. The lowest BCUT2D eigenvalue weighted by Gasteiger charge is -2.41. The quantitative estimate of drug-likeness (QED) is 0.743. The van der Waals surface area contributed by atoms with E-state index in [2.05, 4.69) is 42.3 Å². The van der Waals surface area contributed by atoms with Crippen molar-refractivity contribution in [3.05, 3.63) is 54.3 Å². The summed E-state index contributed by atoms with van der Waals surface area (Å²) in [5.41, 5.74) is 2.07. The summed E-state index contributed by atoms with van der Waals surface area (Å²) in [5.74, 6) is 0. The third-order valence-electron chi connectivity index (χ3n) is 5.28. The average molecular weight is 419 g/mol. The Balaban J connectivity index is 0.000000426. The summed E-state index contributed by atoms with van der Waals surface area (Å²) in [6.07, 6.45) is 8.73. The van der Waals surface area contributed by atoms with Crippen LogP contribution >= 0.6 is 0 Å². The molecule has 5 nitrogen and oxygen atoms in total. The van der Waals surface area contributed by atoms with Gasteiger partial charge >= 0.3 is 0 Å². The SMILES string of the molecule is C1=COCCC1.CN(C)CCNC1C(=S(=O)=O)CC=C(c2ccccc2)C1(C)C. The number of likely N-dealkylation sites (N-methyl/N-ethyl adjacent to an activating group) is 1. The summed E-state index contributed by atoms with van der Waals surface area (Å²) >= 11 is 0. The van der Waals surface area contributed by atoms with Gasteiger partial charge in [0.2, 0.25) is 10.3 Å². The Kier molecular flexibility index (Phi) is 9.14. The second-order valence-corrected chi connectivity index (χ2v) is 9.18. The number of benzene rings is 1. The number of hydrogen-bond acceptors (Lipinski definition) is 5. The Bertz CT molecular complexity index is 824. The molecule has 0 bridgehead atoms. The van der Waals surface area contributed by atoms with Gasteiger partial charge in [0.05, 0.1) is 23.8 Å². The van der Waals surface area contributed by atoms with Crippen molar-refractivity contribution >= 4 is 20.7 Å². The summed E-state index contributed by atoms with van der Waals surface area (Å²) in [6.45, 7) is 6.77. The molecule has 1 aliphatic heterocycles. The average Bonchev–Trinajstić information content (AvgIpc) is 2.71. The van der Waals surface area contributed by atoms with Crippen molar-refractivity contribution in [2.45, 2.75) is 39.2 Å². The highest BCUT2D eigenvalue weighted by atomic mass is 32.2. The molecule has 0 saturated carbocycles. The second-order valence-electron chi connectivity index (χ2n) is 8.19. The monoisotopic (exact) mass is 418 g/mol. The first-order valence-corrected chi connectivity index (χ1v) is 11.3. The highest BCUT2D eigenvalue weighted by Crippen LogP contribution is 2.41. The van der Waals surface area contributed by atoms with Crippen molar-refractivity contribution in [2.24, 2.45) is 5.41 Å². The number of hydrogen-bond donors (Lipinski definition) is 1. The molecule has 1 aliphatic carbocycles. The van der Waals surface area contributed by atoms with Crippen molar-refractivity contribution in [1.29, 1.82) is 0 Å². The molecule has 1 heterocycles. The Morgan fingerprint density at radius 3 is 2.41 bits per heavy atom. The highest BCUT2D eigenvalue weighted by molar-refractivity contribution is 7.73. The predicted molar refractivity (Wildman–Crippen MR) is 121 cm³/mol. The van der Waals surface area contributed by atoms with Crippen LogP contribution in [0.15, 0.2) is 48.7 Å². The Hall–Kier alpha value is -1.89. The fourth-order valence-electron chi connectivity index (χ4n) is 3.70. The van der Waals surface area contributed by atoms with E-state index in [-0.39, 0.29) is 11.5 Å². The molecule has 160 valence electrons. The third-order valence-corrected chi connectivity index (χ3v) is 6.11. The van der Waals surface area contributed by atoms with Crippen molar-refractivity contribution in [3.8, 4) is 0 Å². The zero-order chi connectivity index (χ0) is 21.3. The van der Waals surface area contributed by atoms with Crippen LogP contribution in [-0.2, 0) is 15.0 Å². The van der Waals surface area contributed by atoms with E-state index in [1.54, 1.807) is 6.26 Å². The van der Waals surface area contributed by atoms with E-state index >= 15 is 0 Å². The molecule has 6 heteroatoms. The summed E-state index contributed by atoms with van der Waals surface area (Å²) in [7, 11) is 1.86. The minimum absolute atomic E-state index is 0.180. The smallest absolute Gasteiger partial charge is 0.215 e. The lowest BCUT2D eigenvalue weighted by Crippen LogP contribution is -2.51. The molecule has 1 atom stereocenters. The van der Waals surface area contributed by atoms with Crippen LogP contribution in [-0.4, -0.2) is 58.0 Å². The van der Waals surface area contributed by atoms with E-state index < -0.39 is 10.3 Å². The first-order chi connectivity index (χ1) is 13.8. The van der Waals surface area contributed by atoms with Gasteiger partial charge in [0.25, 0.3) is 0 Å². The molecular weight excluding hydrogens is 384 g/mol. The number of nitrogens with one attached hydrogen (secondary N) is 1. The normalized spacial score (nSPS) is 20.4.